The Hall–Kier alpha value is -1.19. The number of benzene rings is 2. The Labute approximate surface area is 122 Å². The molecule has 3 heteroatoms. The molecule has 0 fully saturated rings. The van der Waals surface area contributed by atoms with Crippen molar-refractivity contribution in [1.82, 2.24) is 5.32 Å². The molecule has 0 aliphatic heterocycles. The molecule has 1 unspecified atom stereocenters. The quantitative estimate of drug-likeness (QED) is 0.868. The first-order valence-corrected chi connectivity index (χ1v) is 7.16. The van der Waals surface area contributed by atoms with Crippen molar-refractivity contribution in [3.05, 3.63) is 69.4 Å². The van der Waals surface area contributed by atoms with Crippen LogP contribution in [0.1, 0.15) is 29.7 Å². The molecular formula is C16H17BrFN. The van der Waals surface area contributed by atoms with Gasteiger partial charge in [0.1, 0.15) is 5.82 Å². The minimum Gasteiger partial charge on any atom is -0.306 e. The summed E-state index contributed by atoms with van der Waals surface area (Å²) in [5.74, 6) is -0.183. The Kier molecular flexibility index (Phi) is 4.72. The molecule has 2 rings (SSSR count). The van der Waals surface area contributed by atoms with Crippen molar-refractivity contribution in [2.45, 2.75) is 19.9 Å². The highest BCUT2D eigenvalue weighted by Gasteiger charge is 2.18. The lowest BCUT2D eigenvalue weighted by atomic mass is 9.94. The van der Waals surface area contributed by atoms with E-state index < -0.39 is 0 Å². The highest BCUT2D eigenvalue weighted by Crippen LogP contribution is 2.28. The molecule has 2 aromatic rings. The summed E-state index contributed by atoms with van der Waals surface area (Å²) in [5.41, 5.74) is 2.94. The first-order valence-electron chi connectivity index (χ1n) is 6.37. The van der Waals surface area contributed by atoms with E-state index in [-0.39, 0.29) is 11.9 Å². The largest absolute Gasteiger partial charge is 0.306 e. The SMILES string of the molecule is CCNC(c1ccccc1C)c1cc(Br)ccc1F. The van der Waals surface area contributed by atoms with Crippen molar-refractivity contribution >= 4 is 15.9 Å². The summed E-state index contributed by atoms with van der Waals surface area (Å²) in [4.78, 5) is 0. The van der Waals surface area contributed by atoms with Gasteiger partial charge in [-0.3, -0.25) is 0 Å². The molecular weight excluding hydrogens is 305 g/mol. The second-order valence-electron chi connectivity index (χ2n) is 4.51. The predicted octanol–water partition coefficient (Wildman–Crippen LogP) is 4.60. The van der Waals surface area contributed by atoms with Crippen molar-refractivity contribution in [3.8, 4) is 0 Å². The number of hydrogen-bond acceptors (Lipinski definition) is 1. The fourth-order valence-electron chi connectivity index (χ4n) is 2.24. The van der Waals surface area contributed by atoms with Crippen LogP contribution < -0.4 is 5.32 Å². The average Bonchev–Trinajstić information content (AvgIpc) is 2.40. The summed E-state index contributed by atoms with van der Waals surface area (Å²) in [6.07, 6.45) is 0. The molecule has 0 heterocycles. The van der Waals surface area contributed by atoms with Crippen LogP contribution in [-0.2, 0) is 0 Å². The number of rotatable bonds is 4. The van der Waals surface area contributed by atoms with E-state index in [1.54, 1.807) is 6.07 Å². The third kappa shape index (κ3) is 3.23. The molecule has 0 radical (unpaired) electrons. The zero-order chi connectivity index (χ0) is 13.8. The molecule has 0 amide bonds. The molecule has 1 atom stereocenters. The van der Waals surface area contributed by atoms with Gasteiger partial charge in [0.15, 0.2) is 0 Å². The molecule has 0 spiro atoms. The van der Waals surface area contributed by atoms with Gasteiger partial charge in [0.05, 0.1) is 6.04 Å². The lowest BCUT2D eigenvalue weighted by Gasteiger charge is -2.21. The maximum absolute atomic E-state index is 14.1. The molecule has 0 aliphatic rings. The van der Waals surface area contributed by atoms with Gasteiger partial charge >= 0.3 is 0 Å². The minimum absolute atomic E-state index is 0.122. The average molecular weight is 322 g/mol. The van der Waals surface area contributed by atoms with E-state index in [1.807, 2.05) is 31.2 Å². The second-order valence-corrected chi connectivity index (χ2v) is 5.43. The van der Waals surface area contributed by atoms with Crippen LogP contribution in [0.2, 0.25) is 0 Å². The van der Waals surface area contributed by atoms with E-state index in [4.69, 9.17) is 0 Å². The van der Waals surface area contributed by atoms with E-state index >= 15 is 0 Å². The van der Waals surface area contributed by atoms with Crippen LogP contribution in [0.25, 0.3) is 0 Å². The number of hydrogen-bond donors (Lipinski definition) is 1. The Bertz CT molecular complexity index is 568. The molecule has 19 heavy (non-hydrogen) atoms. The van der Waals surface area contributed by atoms with Crippen LogP contribution in [0.3, 0.4) is 0 Å². The van der Waals surface area contributed by atoms with Gasteiger partial charge in [-0.25, -0.2) is 4.39 Å². The number of nitrogens with one attached hydrogen (secondary N) is 1. The monoisotopic (exact) mass is 321 g/mol. The summed E-state index contributed by atoms with van der Waals surface area (Å²) >= 11 is 3.41. The van der Waals surface area contributed by atoms with Gasteiger partial charge in [0.2, 0.25) is 0 Å². The Balaban J connectivity index is 2.51. The Morgan fingerprint density at radius 1 is 1.16 bits per heavy atom. The third-order valence-electron chi connectivity index (χ3n) is 3.18. The van der Waals surface area contributed by atoms with E-state index in [1.165, 1.54) is 6.07 Å². The minimum atomic E-state index is -0.183. The highest BCUT2D eigenvalue weighted by molar-refractivity contribution is 9.10. The van der Waals surface area contributed by atoms with Crippen LogP contribution >= 0.6 is 15.9 Å². The zero-order valence-corrected chi connectivity index (χ0v) is 12.7. The number of halogens is 2. The smallest absolute Gasteiger partial charge is 0.128 e. The molecule has 2 aromatic carbocycles. The van der Waals surface area contributed by atoms with E-state index in [2.05, 4.69) is 34.2 Å². The third-order valence-corrected chi connectivity index (χ3v) is 3.67. The lowest BCUT2D eigenvalue weighted by Crippen LogP contribution is -2.23. The fraction of sp³-hybridized carbons (Fsp3) is 0.250. The van der Waals surface area contributed by atoms with Crippen LogP contribution in [0, 0.1) is 12.7 Å². The zero-order valence-electron chi connectivity index (χ0n) is 11.1. The molecule has 0 aromatic heterocycles. The van der Waals surface area contributed by atoms with Gasteiger partial charge in [0.25, 0.3) is 0 Å². The van der Waals surface area contributed by atoms with Gasteiger partial charge in [-0.2, -0.15) is 0 Å². The van der Waals surface area contributed by atoms with Gasteiger partial charge in [-0.1, -0.05) is 47.1 Å². The van der Waals surface area contributed by atoms with Gasteiger partial charge in [-0.15, -0.1) is 0 Å². The fourth-order valence-corrected chi connectivity index (χ4v) is 2.62. The molecule has 0 saturated heterocycles. The van der Waals surface area contributed by atoms with Gasteiger partial charge in [-0.05, 0) is 42.8 Å². The standard InChI is InChI=1S/C16H17BrFN/c1-3-19-16(13-7-5-4-6-11(13)2)14-10-12(17)8-9-15(14)18/h4-10,16,19H,3H2,1-2H3. The van der Waals surface area contributed by atoms with Crippen molar-refractivity contribution in [2.75, 3.05) is 6.54 Å². The van der Waals surface area contributed by atoms with E-state index in [9.17, 15) is 4.39 Å². The summed E-state index contributed by atoms with van der Waals surface area (Å²) in [7, 11) is 0. The maximum Gasteiger partial charge on any atom is 0.128 e. The first-order chi connectivity index (χ1) is 9.13. The van der Waals surface area contributed by atoms with Crippen molar-refractivity contribution in [2.24, 2.45) is 0 Å². The first kappa shape index (κ1) is 14.2. The van der Waals surface area contributed by atoms with Crippen molar-refractivity contribution in [1.29, 1.82) is 0 Å². The predicted molar refractivity (Wildman–Crippen MR) is 80.8 cm³/mol. The molecule has 1 N–H and O–H groups in total. The normalized spacial score (nSPS) is 12.4. The highest BCUT2D eigenvalue weighted by atomic mass is 79.9. The molecule has 0 aliphatic carbocycles. The van der Waals surface area contributed by atoms with Gasteiger partial charge < -0.3 is 5.32 Å². The summed E-state index contributed by atoms with van der Waals surface area (Å²) in [5, 5.41) is 3.36. The number of aryl methyl sites for hydroxylation is 1. The molecule has 0 bridgehead atoms. The maximum atomic E-state index is 14.1. The van der Waals surface area contributed by atoms with Crippen LogP contribution in [0.5, 0.6) is 0 Å². The van der Waals surface area contributed by atoms with Gasteiger partial charge in [0, 0.05) is 10.0 Å². The van der Waals surface area contributed by atoms with E-state index in [0.29, 0.717) is 5.56 Å². The second kappa shape index (κ2) is 6.31. The Morgan fingerprint density at radius 3 is 2.58 bits per heavy atom. The summed E-state index contributed by atoms with van der Waals surface area (Å²) in [6.45, 7) is 4.86. The van der Waals surface area contributed by atoms with Crippen LogP contribution in [-0.4, -0.2) is 6.54 Å². The van der Waals surface area contributed by atoms with E-state index in [0.717, 1.165) is 22.1 Å². The van der Waals surface area contributed by atoms with Crippen molar-refractivity contribution in [3.63, 3.8) is 0 Å². The summed E-state index contributed by atoms with van der Waals surface area (Å²) in [6, 6.07) is 13.0. The van der Waals surface area contributed by atoms with Crippen LogP contribution in [0.4, 0.5) is 4.39 Å². The lowest BCUT2D eigenvalue weighted by molar-refractivity contribution is 0.557. The molecule has 100 valence electrons. The van der Waals surface area contributed by atoms with Crippen LogP contribution in [0.15, 0.2) is 46.9 Å². The molecule has 1 nitrogen and oxygen atoms in total. The topological polar surface area (TPSA) is 12.0 Å². The molecule has 0 saturated carbocycles. The van der Waals surface area contributed by atoms with Crippen molar-refractivity contribution < 1.29 is 4.39 Å². The Morgan fingerprint density at radius 2 is 1.89 bits per heavy atom. The summed E-state index contributed by atoms with van der Waals surface area (Å²) < 4.78 is 15.0.